The van der Waals surface area contributed by atoms with Crippen LogP contribution in [0.5, 0.6) is 0 Å². The zero-order chi connectivity index (χ0) is 17.3. The van der Waals surface area contributed by atoms with Crippen LogP contribution in [0, 0.1) is 5.92 Å². The van der Waals surface area contributed by atoms with Gasteiger partial charge < -0.3 is 4.90 Å². The zero-order valence-electron chi connectivity index (χ0n) is 14.6. The molecule has 0 heterocycles. The first-order valence-electron chi connectivity index (χ1n) is 9.01. The minimum Gasteiger partial charge on any atom is -0.331 e. The third kappa shape index (κ3) is 5.46. The highest BCUT2D eigenvalue weighted by atomic mass is 16.2. The van der Waals surface area contributed by atoms with Crippen molar-refractivity contribution in [3.63, 3.8) is 0 Å². The average molecular weight is 331 g/mol. The molecule has 0 bridgehead atoms. The fraction of sp³-hybridized carbons (Fsp3) is 0.261. The largest absolute Gasteiger partial charge is 0.331 e. The molecule has 2 heteroatoms. The molecule has 3 rings (SSSR count). The van der Waals surface area contributed by atoms with E-state index in [2.05, 4.69) is 42.5 Å². The monoisotopic (exact) mass is 331 g/mol. The van der Waals surface area contributed by atoms with Crippen molar-refractivity contribution in [2.45, 2.75) is 32.4 Å². The fourth-order valence-electron chi connectivity index (χ4n) is 3.13. The van der Waals surface area contributed by atoms with Crippen molar-refractivity contribution >= 4 is 5.91 Å². The Labute approximate surface area is 150 Å². The van der Waals surface area contributed by atoms with Crippen LogP contribution in [-0.2, 0) is 17.9 Å². The van der Waals surface area contributed by atoms with Crippen molar-refractivity contribution in [2.75, 3.05) is 0 Å². The van der Waals surface area contributed by atoms with Crippen LogP contribution < -0.4 is 0 Å². The highest BCUT2D eigenvalue weighted by Gasteiger charge is 2.13. The van der Waals surface area contributed by atoms with Crippen molar-refractivity contribution in [2.24, 2.45) is 5.92 Å². The molecule has 0 aliphatic heterocycles. The highest BCUT2D eigenvalue weighted by Crippen LogP contribution is 2.19. The van der Waals surface area contributed by atoms with Gasteiger partial charge in [0.1, 0.15) is 0 Å². The van der Waals surface area contributed by atoms with Crippen molar-refractivity contribution in [1.82, 2.24) is 4.90 Å². The number of amides is 1. The summed E-state index contributed by atoms with van der Waals surface area (Å²) in [6.07, 6.45) is 11.6. The molecule has 2 aromatic rings. The Hall–Kier alpha value is -2.61. The third-order valence-corrected chi connectivity index (χ3v) is 4.56. The van der Waals surface area contributed by atoms with E-state index in [0.29, 0.717) is 19.0 Å². The molecule has 25 heavy (non-hydrogen) atoms. The average Bonchev–Trinajstić information content (AvgIpc) is 2.68. The van der Waals surface area contributed by atoms with Crippen LogP contribution in [0.3, 0.4) is 0 Å². The van der Waals surface area contributed by atoms with Crippen LogP contribution >= 0.6 is 0 Å². The number of hydrogen-bond donors (Lipinski definition) is 0. The molecule has 0 N–H and O–H groups in total. The number of allylic oxidation sites excluding steroid dienone is 3. The predicted molar refractivity (Wildman–Crippen MR) is 103 cm³/mol. The van der Waals surface area contributed by atoms with E-state index in [1.807, 2.05) is 41.3 Å². The van der Waals surface area contributed by atoms with E-state index in [4.69, 9.17) is 0 Å². The Kier molecular flexibility index (Phi) is 6.22. The number of benzene rings is 2. The van der Waals surface area contributed by atoms with Crippen LogP contribution in [0.15, 0.2) is 85.0 Å². The second-order valence-electron chi connectivity index (χ2n) is 6.57. The summed E-state index contributed by atoms with van der Waals surface area (Å²) in [5.74, 6) is 0.575. The van der Waals surface area contributed by atoms with Gasteiger partial charge in [0.05, 0.1) is 0 Å². The molecule has 0 aromatic heterocycles. The number of carbonyl (C=O) groups is 1. The number of hydrogen-bond acceptors (Lipinski definition) is 1. The lowest BCUT2D eigenvalue weighted by Crippen LogP contribution is -2.28. The van der Waals surface area contributed by atoms with Gasteiger partial charge in [-0.3, -0.25) is 4.79 Å². The van der Waals surface area contributed by atoms with Crippen LogP contribution in [-0.4, -0.2) is 10.8 Å². The van der Waals surface area contributed by atoms with Crippen LogP contribution in [0.4, 0.5) is 0 Å². The van der Waals surface area contributed by atoms with E-state index in [0.717, 1.165) is 30.4 Å². The van der Waals surface area contributed by atoms with E-state index < -0.39 is 0 Å². The van der Waals surface area contributed by atoms with Crippen molar-refractivity contribution in [1.29, 1.82) is 0 Å². The lowest BCUT2D eigenvalue weighted by Gasteiger charge is -2.22. The molecule has 1 amide bonds. The minimum absolute atomic E-state index is 0.0854. The first-order chi connectivity index (χ1) is 12.3. The molecule has 2 aromatic carbocycles. The standard InChI is InChI=1S/C23H25NO/c25-23(17-16-20-10-4-1-5-11-20)24(18-21-12-6-2-7-13-21)19-22-14-8-3-9-15-22/h1-4,6-9,12-17,20H,5,10-11,18-19H2. The quantitative estimate of drug-likeness (QED) is 0.531. The normalized spacial score (nSPS) is 16.9. The van der Waals surface area contributed by atoms with Crippen LogP contribution in [0.2, 0.25) is 0 Å². The van der Waals surface area contributed by atoms with Crippen molar-refractivity contribution in [3.8, 4) is 0 Å². The van der Waals surface area contributed by atoms with Gasteiger partial charge in [0, 0.05) is 13.1 Å². The van der Waals surface area contributed by atoms with Gasteiger partial charge in [-0.1, -0.05) is 78.9 Å². The number of nitrogens with zero attached hydrogens (tertiary/aromatic N) is 1. The molecular weight excluding hydrogens is 306 g/mol. The van der Waals surface area contributed by atoms with E-state index in [9.17, 15) is 4.79 Å². The molecule has 0 spiro atoms. The van der Waals surface area contributed by atoms with Crippen molar-refractivity contribution in [3.05, 3.63) is 96.1 Å². The summed E-state index contributed by atoms with van der Waals surface area (Å²) in [6, 6.07) is 20.4. The summed E-state index contributed by atoms with van der Waals surface area (Å²) in [5, 5.41) is 0. The molecule has 1 unspecified atom stereocenters. The molecule has 0 radical (unpaired) electrons. The minimum atomic E-state index is 0.0854. The second-order valence-corrected chi connectivity index (χ2v) is 6.57. The topological polar surface area (TPSA) is 20.3 Å². The first-order valence-corrected chi connectivity index (χ1v) is 9.01. The summed E-state index contributed by atoms with van der Waals surface area (Å²) < 4.78 is 0. The molecule has 1 aliphatic rings. The Morgan fingerprint density at radius 3 is 2.04 bits per heavy atom. The first kappa shape index (κ1) is 17.2. The van der Waals surface area contributed by atoms with Gasteiger partial charge in [0.15, 0.2) is 0 Å². The molecule has 0 saturated heterocycles. The van der Waals surface area contributed by atoms with E-state index in [1.165, 1.54) is 0 Å². The predicted octanol–water partition coefficient (Wildman–Crippen LogP) is 5.13. The molecular formula is C23H25NO. The molecule has 2 nitrogen and oxygen atoms in total. The van der Waals surface area contributed by atoms with Gasteiger partial charge in [0.25, 0.3) is 0 Å². The lowest BCUT2D eigenvalue weighted by atomic mass is 9.94. The maximum atomic E-state index is 12.8. The number of carbonyl (C=O) groups excluding carboxylic acids is 1. The van der Waals surface area contributed by atoms with Gasteiger partial charge in [-0.25, -0.2) is 0 Å². The van der Waals surface area contributed by atoms with E-state index in [-0.39, 0.29) is 5.91 Å². The van der Waals surface area contributed by atoms with Gasteiger partial charge >= 0.3 is 0 Å². The fourth-order valence-corrected chi connectivity index (χ4v) is 3.13. The van der Waals surface area contributed by atoms with Gasteiger partial charge in [-0.15, -0.1) is 0 Å². The van der Waals surface area contributed by atoms with Crippen LogP contribution in [0.25, 0.3) is 0 Å². The Morgan fingerprint density at radius 2 is 1.52 bits per heavy atom. The van der Waals surface area contributed by atoms with Gasteiger partial charge in [-0.05, 0) is 42.4 Å². The summed E-state index contributed by atoms with van der Waals surface area (Å²) >= 11 is 0. The van der Waals surface area contributed by atoms with Crippen LogP contribution in [0.1, 0.15) is 30.4 Å². The molecule has 0 fully saturated rings. The highest BCUT2D eigenvalue weighted by molar-refractivity contribution is 5.87. The molecule has 1 atom stereocenters. The molecule has 1 aliphatic carbocycles. The second kappa shape index (κ2) is 9.03. The smallest absolute Gasteiger partial charge is 0.246 e. The molecule has 0 saturated carbocycles. The summed E-state index contributed by atoms with van der Waals surface area (Å²) in [5.41, 5.74) is 2.31. The third-order valence-electron chi connectivity index (χ3n) is 4.56. The van der Waals surface area contributed by atoms with E-state index in [1.54, 1.807) is 6.08 Å². The van der Waals surface area contributed by atoms with E-state index >= 15 is 0 Å². The maximum Gasteiger partial charge on any atom is 0.246 e. The zero-order valence-corrected chi connectivity index (χ0v) is 14.6. The van der Waals surface area contributed by atoms with Gasteiger partial charge in [-0.2, -0.15) is 0 Å². The van der Waals surface area contributed by atoms with Crippen molar-refractivity contribution < 1.29 is 4.79 Å². The molecule has 128 valence electrons. The summed E-state index contributed by atoms with van der Waals surface area (Å²) in [6.45, 7) is 1.26. The summed E-state index contributed by atoms with van der Waals surface area (Å²) in [4.78, 5) is 14.7. The number of rotatable bonds is 6. The van der Waals surface area contributed by atoms with Gasteiger partial charge in [0.2, 0.25) is 5.91 Å². The summed E-state index contributed by atoms with van der Waals surface area (Å²) in [7, 11) is 0. The Bertz CT molecular complexity index is 677. The SMILES string of the molecule is O=C(C=CC1CC=CCC1)N(Cc1ccccc1)Cc1ccccc1. The Balaban J connectivity index is 1.71. The Morgan fingerprint density at radius 1 is 0.920 bits per heavy atom. The maximum absolute atomic E-state index is 12.8. The lowest BCUT2D eigenvalue weighted by molar-refractivity contribution is -0.127.